The van der Waals surface area contributed by atoms with Crippen LogP contribution in [0, 0.1) is 21.4 Å². The Morgan fingerprint density at radius 1 is 1.30 bits per heavy atom. The molecule has 0 saturated heterocycles. The van der Waals surface area contributed by atoms with Gasteiger partial charge < -0.3 is 9.74 Å². The molecule has 3 rings (SSSR count). The maximum absolute atomic E-state index is 11.0. The topological polar surface area (TPSA) is 109 Å². The number of carbonyl (C=O) groups is 1. The largest absolute Gasteiger partial charge is 0.341 e. The highest BCUT2D eigenvalue weighted by Gasteiger charge is 2.21. The van der Waals surface area contributed by atoms with Crippen LogP contribution in [0.2, 0.25) is 0 Å². The van der Waals surface area contributed by atoms with Crippen LogP contribution in [0.15, 0.2) is 47.6 Å². The van der Waals surface area contributed by atoms with Crippen LogP contribution in [-0.4, -0.2) is 23.1 Å². The third-order valence-electron chi connectivity index (χ3n) is 4.22. The smallest absolute Gasteiger partial charge is 0.332 e. The summed E-state index contributed by atoms with van der Waals surface area (Å²) in [5, 5.41) is 23.7. The van der Waals surface area contributed by atoms with Gasteiger partial charge in [-0.1, -0.05) is 5.16 Å². The number of anilines is 2. The molecule has 0 bridgehead atoms. The Bertz CT molecular complexity index is 961. The number of nitriles is 1. The third kappa shape index (κ3) is 3.93. The van der Waals surface area contributed by atoms with Gasteiger partial charge in [0, 0.05) is 42.5 Å². The Kier molecular flexibility index (Phi) is 5.13. The summed E-state index contributed by atoms with van der Waals surface area (Å²) in [5.74, 6) is -0.599. The molecule has 0 unspecified atom stereocenters. The second-order valence-corrected chi connectivity index (χ2v) is 6.01. The summed E-state index contributed by atoms with van der Waals surface area (Å²) in [6, 6.07) is 13.9. The highest BCUT2D eigenvalue weighted by Crippen LogP contribution is 2.35. The molecule has 1 heterocycles. The summed E-state index contributed by atoms with van der Waals surface area (Å²) in [7, 11) is 0. The van der Waals surface area contributed by atoms with Crippen LogP contribution in [0.4, 0.5) is 17.1 Å². The normalized spacial score (nSPS) is 13.5. The van der Waals surface area contributed by atoms with E-state index in [1.54, 1.807) is 24.3 Å². The van der Waals surface area contributed by atoms with Gasteiger partial charge >= 0.3 is 5.97 Å². The average molecular weight is 364 g/mol. The molecule has 136 valence electrons. The van der Waals surface area contributed by atoms with Gasteiger partial charge in [0.1, 0.15) is 6.07 Å². The van der Waals surface area contributed by atoms with Gasteiger partial charge in [-0.2, -0.15) is 5.26 Å². The minimum atomic E-state index is -0.599. The molecule has 0 N–H and O–H groups in total. The van der Waals surface area contributed by atoms with Crippen LogP contribution in [0.3, 0.4) is 0 Å². The lowest BCUT2D eigenvalue weighted by Crippen LogP contribution is -2.24. The fourth-order valence-electron chi connectivity index (χ4n) is 3.01. The first-order chi connectivity index (χ1) is 13.0. The second kappa shape index (κ2) is 7.66. The summed E-state index contributed by atoms with van der Waals surface area (Å²) < 4.78 is 0. The highest BCUT2D eigenvalue weighted by atomic mass is 16.7. The maximum Gasteiger partial charge on any atom is 0.332 e. The summed E-state index contributed by atoms with van der Waals surface area (Å²) >= 11 is 0. The molecule has 8 heteroatoms. The zero-order chi connectivity index (χ0) is 19.4. The number of benzene rings is 2. The number of nitro benzene ring substituents is 1. The highest BCUT2D eigenvalue weighted by molar-refractivity contribution is 6.11. The van der Waals surface area contributed by atoms with Crippen LogP contribution in [-0.2, 0) is 16.1 Å². The van der Waals surface area contributed by atoms with Gasteiger partial charge in [-0.05, 0) is 48.7 Å². The van der Waals surface area contributed by atoms with E-state index in [2.05, 4.69) is 14.9 Å². The number of aryl methyl sites for hydroxylation is 1. The standard InChI is InChI=1S/C19H16N4O4/c1-13(24)27-21-18(12-20)14-4-6-16(7-5-14)22-10-2-3-15-11-17(23(25)26)8-9-19(15)22/h4-9,11H,2-3,10H2,1H3. The first-order valence-electron chi connectivity index (χ1n) is 8.30. The molecule has 0 amide bonds. The van der Waals surface area contributed by atoms with E-state index in [1.807, 2.05) is 18.2 Å². The fourth-order valence-corrected chi connectivity index (χ4v) is 3.01. The van der Waals surface area contributed by atoms with Gasteiger partial charge in [-0.25, -0.2) is 4.79 Å². The zero-order valence-corrected chi connectivity index (χ0v) is 14.6. The molecule has 2 aromatic rings. The summed E-state index contributed by atoms with van der Waals surface area (Å²) in [5.41, 5.74) is 3.40. The van der Waals surface area contributed by atoms with Gasteiger partial charge in [0.2, 0.25) is 0 Å². The number of nitrogens with zero attached hydrogens (tertiary/aromatic N) is 4. The lowest BCUT2D eigenvalue weighted by Gasteiger charge is -2.31. The molecular formula is C19H16N4O4. The van der Waals surface area contributed by atoms with Gasteiger partial charge in [0.05, 0.1) is 4.92 Å². The van der Waals surface area contributed by atoms with Crippen molar-refractivity contribution in [1.29, 1.82) is 5.26 Å². The van der Waals surface area contributed by atoms with Crippen molar-refractivity contribution in [2.75, 3.05) is 11.4 Å². The van der Waals surface area contributed by atoms with Gasteiger partial charge in [0.25, 0.3) is 5.69 Å². The van der Waals surface area contributed by atoms with Gasteiger partial charge in [0.15, 0.2) is 5.71 Å². The SMILES string of the molecule is CC(=O)ON=C(C#N)c1ccc(N2CCCc3cc([N+](=O)[O-])ccc32)cc1. The molecule has 8 nitrogen and oxygen atoms in total. The minimum Gasteiger partial charge on any atom is -0.341 e. The van der Waals surface area contributed by atoms with Crippen molar-refractivity contribution in [3.05, 3.63) is 63.7 Å². The van der Waals surface area contributed by atoms with E-state index in [0.717, 1.165) is 36.3 Å². The monoisotopic (exact) mass is 364 g/mol. The lowest BCUT2D eigenvalue weighted by atomic mass is 10.00. The number of nitro groups is 1. The first-order valence-corrected chi connectivity index (χ1v) is 8.30. The Hall–Kier alpha value is -3.73. The van der Waals surface area contributed by atoms with E-state index < -0.39 is 5.97 Å². The van der Waals surface area contributed by atoms with Crippen LogP contribution in [0.5, 0.6) is 0 Å². The van der Waals surface area contributed by atoms with E-state index in [1.165, 1.54) is 13.0 Å². The minimum absolute atomic E-state index is 0.00594. The molecule has 27 heavy (non-hydrogen) atoms. The summed E-state index contributed by atoms with van der Waals surface area (Å²) in [6.07, 6.45) is 1.67. The van der Waals surface area contributed by atoms with Crippen molar-refractivity contribution >= 4 is 28.7 Å². The van der Waals surface area contributed by atoms with Crippen LogP contribution in [0.1, 0.15) is 24.5 Å². The van der Waals surface area contributed by atoms with Crippen LogP contribution in [0.25, 0.3) is 0 Å². The van der Waals surface area contributed by atoms with Crippen molar-refractivity contribution < 1.29 is 14.6 Å². The molecular weight excluding hydrogens is 348 g/mol. The number of hydrogen-bond donors (Lipinski definition) is 0. The quantitative estimate of drug-likeness (QED) is 0.356. The van der Waals surface area contributed by atoms with Gasteiger partial charge in [-0.3, -0.25) is 10.1 Å². The molecule has 2 aromatic carbocycles. The van der Waals surface area contributed by atoms with Crippen molar-refractivity contribution in [3.63, 3.8) is 0 Å². The molecule has 0 fully saturated rings. The van der Waals surface area contributed by atoms with Crippen LogP contribution >= 0.6 is 0 Å². The van der Waals surface area contributed by atoms with E-state index >= 15 is 0 Å². The van der Waals surface area contributed by atoms with Crippen molar-refractivity contribution in [2.24, 2.45) is 5.16 Å². The Morgan fingerprint density at radius 3 is 2.67 bits per heavy atom. The van der Waals surface area contributed by atoms with Crippen molar-refractivity contribution in [3.8, 4) is 6.07 Å². The number of oxime groups is 1. The number of carbonyl (C=O) groups excluding carboxylic acids is 1. The first kappa shape index (κ1) is 18.1. The molecule has 1 aliphatic heterocycles. The van der Waals surface area contributed by atoms with Gasteiger partial charge in [-0.15, -0.1) is 0 Å². The second-order valence-electron chi connectivity index (χ2n) is 6.01. The third-order valence-corrected chi connectivity index (χ3v) is 4.22. The summed E-state index contributed by atoms with van der Waals surface area (Å²) in [4.78, 5) is 28.1. The molecule has 0 aliphatic carbocycles. The van der Waals surface area contributed by atoms with Crippen molar-refractivity contribution in [2.45, 2.75) is 19.8 Å². The van der Waals surface area contributed by atoms with Crippen molar-refractivity contribution in [1.82, 2.24) is 0 Å². The van der Waals surface area contributed by atoms with E-state index in [9.17, 15) is 20.2 Å². The average Bonchev–Trinajstić information content (AvgIpc) is 2.68. The Morgan fingerprint density at radius 2 is 2.04 bits per heavy atom. The summed E-state index contributed by atoms with van der Waals surface area (Å²) in [6.45, 7) is 2.00. The van der Waals surface area contributed by atoms with E-state index in [-0.39, 0.29) is 16.3 Å². The number of non-ortho nitro benzene ring substituents is 1. The predicted molar refractivity (Wildman–Crippen MR) is 98.8 cm³/mol. The molecule has 0 spiro atoms. The lowest BCUT2D eigenvalue weighted by molar-refractivity contribution is -0.384. The number of hydrogen-bond acceptors (Lipinski definition) is 7. The molecule has 0 aromatic heterocycles. The molecule has 1 aliphatic rings. The predicted octanol–water partition coefficient (Wildman–Crippen LogP) is 3.47. The van der Waals surface area contributed by atoms with E-state index in [0.29, 0.717) is 5.56 Å². The Labute approximate surface area is 155 Å². The van der Waals surface area contributed by atoms with Crippen LogP contribution < -0.4 is 4.90 Å². The Balaban J connectivity index is 1.89. The zero-order valence-electron chi connectivity index (χ0n) is 14.6. The maximum atomic E-state index is 11.0. The fraction of sp³-hybridized carbons (Fsp3) is 0.211. The number of fused-ring (bicyclic) bond motifs is 1. The molecule has 0 saturated carbocycles. The number of rotatable bonds is 4. The molecule has 0 atom stereocenters. The van der Waals surface area contributed by atoms with E-state index in [4.69, 9.17) is 0 Å². The molecule has 0 radical (unpaired) electrons.